The fraction of sp³-hybridized carbons (Fsp3) is 0.882. The molecule has 43 heavy (non-hydrogen) atoms. The van der Waals surface area contributed by atoms with Crippen molar-refractivity contribution >= 4 is 23.3 Å². The monoisotopic (exact) mass is 605 g/mol. The van der Waals surface area contributed by atoms with Gasteiger partial charge in [0.05, 0.1) is 12.2 Å². The van der Waals surface area contributed by atoms with Gasteiger partial charge in [0, 0.05) is 41.0 Å². The van der Waals surface area contributed by atoms with Gasteiger partial charge in [0.15, 0.2) is 12.1 Å². The van der Waals surface area contributed by atoms with Crippen LogP contribution < -0.4 is 0 Å². The summed E-state index contributed by atoms with van der Waals surface area (Å²) < 4.78 is 18.8. The van der Waals surface area contributed by atoms with Gasteiger partial charge in [0.1, 0.15) is 29.7 Å². The summed E-state index contributed by atoms with van der Waals surface area (Å²) in [5.74, 6) is -3.54. The molecule has 2 saturated carbocycles. The number of hydrogen-bond acceptors (Lipinski definition) is 9. The second kappa shape index (κ2) is 12.3. The van der Waals surface area contributed by atoms with Crippen LogP contribution in [0.1, 0.15) is 88.0 Å². The van der Waals surface area contributed by atoms with Crippen LogP contribution in [0.2, 0.25) is 0 Å². The van der Waals surface area contributed by atoms with Crippen molar-refractivity contribution in [2.75, 3.05) is 14.1 Å². The number of likely N-dealkylation sites (N-methyl/N-ethyl adjacent to an activating group) is 1. The first kappa shape index (κ1) is 34.2. The Morgan fingerprint density at radius 1 is 0.930 bits per heavy atom. The Morgan fingerprint density at radius 2 is 1.56 bits per heavy atom. The molecule has 13 atom stereocenters. The number of nitrogens with zero attached hydrogens (tertiary/aromatic N) is 1. The lowest BCUT2D eigenvalue weighted by Gasteiger charge is -2.47. The van der Waals surface area contributed by atoms with Crippen LogP contribution in [0.25, 0.3) is 0 Å². The van der Waals surface area contributed by atoms with E-state index in [1.165, 1.54) is 0 Å². The molecule has 0 radical (unpaired) electrons. The molecular weight excluding hydrogens is 550 g/mol. The number of ketones is 3. The molecule has 2 aliphatic heterocycles. The van der Waals surface area contributed by atoms with Gasteiger partial charge in [-0.1, -0.05) is 48.5 Å². The number of aliphatic hydroxyl groups is 1. The van der Waals surface area contributed by atoms with Gasteiger partial charge in [-0.25, -0.2) is 0 Å². The van der Waals surface area contributed by atoms with Crippen LogP contribution in [0.4, 0.5) is 0 Å². The third-order valence-corrected chi connectivity index (χ3v) is 11.4. The van der Waals surface area contributed by atoms with Crippen molar-refractivity contribution in [3.05, 3.63) is 0 Å². The minimum Gasteiger partial charge on any atom is -0.461 e. The van der Waals surface area contributed by atoms with E-state index < -0.39 is 53.2 Å². The van der Waals surface area contributed by atoms with Gasteiger partial charge < -0.3 is 24.2 Å². The summed E-state index contributed by atoms with van der Waals surface area (Å²) in [5, 5.41) is 11.3. The summed E-state index contributed by atoms with van der Waals surface area (Å²) >= 11 is 0. The molecule has 0 spiro atoms. The normalized spacial score (nSPS) is 45.3. The molecular formula is C34H55NO8. The maximum absolute atomic E-state index is 14.2. The Morgan fingerprint density at radius 3 is 2.14 bits per heavy atom. The average Bonchev–Trinajstić information content (AvgIpc) is 3.34. The number of hydrogen-bond donors (Lipinski definition) is 1. The van der Waals surface area contributed by atoms with Gasteiger partial charge in [-0.3, -0.25) is 19.2 Å². The van der Waals surface area contributed by atoms with Gasteiger partial charge in [-0.15, -0.1) is 0 Å². The highest BCUT2D eigenvalue weighted by molar-refractivity contribution is 6.03. The lowest BCUT2D eigenvalue weighted by atomic mass is 9.63. The van der Waals surface area contributed by atoms with E-state index >= 15 is 0 Å². The molecule has 2 saturated heterocycles. The van der Waals surface area contributed by atoms with Gasteiger partial charge in [-0.2, -0.15) is 0 Å². The summed E-state index contributed by atoms with van der Waals surface area (Å²) in [4.78, 5) is 56.4. The number of cyclic esters (lactones) is 1. The predicted octanol–water partition coefficient (Wildman–Crippen LogP) is 4.07. The van der Waals surface area contributed by atoms with Crippen LogP contribution in [0.5, 0.6) is 0 Å². The average molecular weight is 606 g/mol. The number of Topliss-reactive ketones (excluding diaryl/α,β-unsaturated/α-hetero) is 3. The fourth-order valence-corrected chi connectivity index (χ4v) is 8.98. The van der Waals surface area contributed by atoms with E-state index in [-0.39, 0.29) is 59.1 Å². The third-order valence-electron chi connectivity index (χ3n) is 11.4. The molecule has 9 nitrogen and oxygen atoms in total. The largest absolute Gasteiger partial charge is 0.461 e. The quantitative estimate of drug-likeness (QED) is 0.374. The SMILES string of the molecule is CC[C@H]1OC(=O)[C@H](C)C(=O)[C@H](C)[C@@H](OC2O[C@H](C)C[C@H](N(C)C)[C@H]2O)C(C)(C)C[C@@H](C)C(=O)C2C[C@H]3C(=O)C3C2C1(C)C. The van der Waals surface area contributed by atoms with Crippen molar-refractivity contribution in [3.63, 3.8) is 0 Å². The smallest absolute Gasteiger partial charge is 0.316 e. The minimum absolute atomic E-state index is 0.101. The van der Waals surface area contributed by atoms with E-state index in [0.717, 1.165) is 0 Å². The second-order valence-electron chi connectivity index (χ2n) is 15.6. The van der Waals surface area contributed by atoms with Crippen molar-refractivity contribution in [1.29, 1.82) is 0 Å². The maximum atomic E-state index is 14.2. The zero-order valence-electron chi connectivity index (χ0n) is 28.1. The zero-order valence-corrected chi connectivity index (χ0v) is 28.1. The molecule has 0 bridgehead atoms. The van der Waals surface area contributed by atoms with Crippen LogP contribution in [-0.4, -0.2) is 84.2 Å². The van der Waals surface area contributed by atoms with E-state index in [1.807, 2.05) is 67.5 Å². The summed E-state index contributed by atoms with van der Waals surface area (Å²) in [7, 11) is 3.81. The number of carbonyl (C=O) groups is 4. The Labute approximate surface area is 257 Å². The molecule has 1 N–H and O–H groups in total. The first-order valence-electron chi connectivity index (χ1n) is 16.3. The van der Waals surface area contributed by atoms with Crippen molar-refractivity contribution in [2.24, 2.45) is 52.3 Å². The van der Waals surface area contributed by atoms with E-state index in [2.05, 4.69) is 0 Å². The molecule has 0 aromatic rings. The van der Waals surface area contributed by atoms with Crippen molar-refractivity contribution < 1.29 is 38.5 Å². The number of aliphatic hydroxyl groups excluding tert-OH is 1. The van der Waals surface area contributed by atoms with Gasteiger partial charge in [0.2, 0.25) is 0 Å². The van der Waals surface area contributed by atoms with E-state index in [9.17, 15) is 24.3 Å². The minimum atomic E-state index is -1.04. The highest BCUT2D eigenvalue weighted by Crippen LogP contribution is 2.62. The van der Waals surface area contributed by atoms with Crippen LogP contribution in [0.3, 0.4) is 0 Å². The molecule has 4 aliphatic rings. The number of carbonyl (C=O) groups excluding carboxylic acids is 4. The van der Waals surface area contributed by atoms with Crippen molar-refractivity contribution in [1.82, 2.24) is 4.90 Å². The molecule has 244 valence electrons. The molecule has 2 aliphatic carbocycles. The van der Waals surface area contributed by atoms with E-state index in [0.29, 0.717) is 25.7 Å². The summed E-state index contributed by atoms with van der Waals surface area (Å²) in [5.41, 5.74) is -1.33. The number of esters is 1. The van der Waals surface area contributed by atoms with Crippen molar-refractivity contribution in [2.45, 2.75) is 125 Å². The molecule has 9 heteroatoms. The Kier molecular flexibility index (Phi) is 9.75. The number of rotatable bonds is 4. The topological polar surface area (TPSA) is 119 Å². The third kappa shape index (κ3) is 6.25. The van der Waals surface area contributed by atoms with Crippen LogP contribution in [0.15, 0.2) is 0 Å². The first-order chi connectivity index (χ1) is 19.8. The maximum Gasteiger partial charge on any atom is 0.316 e. The molecule has 2 heterocycles. The van der Waals surface area contributed by atoms with E-state index in [4.69, 9.17) is 14.2 Å². The number of fused-ring (bicyclic) bond motifs is 3. The summed E-state index contributed by atoms with van der Waals surface area (Å²) in [6.07, 6.45) is -1.29. The lowest BCUT2D eigenvalue weighted by molar-refractivity contribution is -0.285. The highest BCUT2D eigenvalue weighted by Gasteiger charge is 2.68. The Hall–Kier alpha value is -1.68. The van der Waals surface area contributed by atoms with Gasteiger partial charge >= 0.3 is 5.97 Å². The summed E-state index contributed by atoms with van der Waals surface area (Å²) in [6, 6.07) is -0.196. The fourth-order valence-electron chi connectivity index (χ4n) is 8.98. The van der Waals surface area contributed by atoms with Gasteiger partial charge in [0.25, 0.3) is 0 Å². The van der Waals surface area contributed by atoms with E-state index in [1.54, 1.807) is 13.8 Å². The van der Waals surface area contributed by atoms with Crippen LogP contribution in [0, 0.1) is 52.3 Å². The second-order valence-corrected chi connectivity index (χ2v) is 15.6. The van der Waals surface area contributed by atoms with Crippen molar-refractivity contribution in [3.8, 4) is 0 Å². The number of ether oxygens (including phenoxy) is 3. The highest BCUT2D eigenvalue weighted by atomic mass is 16.7. The first-order valence-corrected chi connectivity index (χ1v) is 16.3. The molecule has 4 unspecified atom stereocenters. The van der Waals surface area contributed by atoms with Gasteiger partial charge in [-0.05, 0) is 65.0 Å². The predicted molar refractivity (Wildman–Crippen MR) is 161 cm³/mol. The lowest BCUT2D eigenvalue weighted by Crippen LogP contribution is -2.57. The molecule has 0 amide bonds. The molecule has 4 fully saturated rings. The Balaban J connectivity index is 1.73. The Bertz CT molecular complexity index is 1100. The van der Waals surface area contributed by atoms with Crippen LogP contribution in [-0.2, 0) is 33.4 Å². The molecule has 4 rings (SSSR count). The summed E-state index contributed by atoms with van der Waals surface area (Å²) in [6.45, 7) is 17.1. The molecule has 0 aromatic heterocycles. The molecule has 0 aromatic carbocycles. The van der Waals surface area contributed by atoms with Crippen LogP contribution >= 0.6 is 0 Å². The standard InChI is InChI=1S/C34H55NO8/c1-12-23-34(8,9)25-21(14-20-24(25)28(20)38)26(36)16(2)15-33(6,7)30(18(4)27(37)19(5)31(40)42-23)43-32-29(39)22(35(10)11)13-17(3)41-32/h16-25,29-30,32,39H,12-15H2,1-11H3/t16-,17-,18+,19-,20-,21?,22+,23-,24?,25?,29-,30-,32?/m1/s1. The zero-order chi connectivity index (χ0) is 32.3.